The topological polar surface area (TPSA) is 36.3 Å². The zero-order valence-electron chi connectivity index (χ0n) is 18.5. The SMILES string of the molecule is CCCCCc1ccc(CC2CN(C(C)C)CCO2)cc1-c1ccc(C#N)c(F)c1. The van der Waals surface area contributed by atoms with Gasteiger partial charge in [-0.3, -0.25) is 4.90 Å². The summed E-state index contributed by atoms with van der Waals surface area (Å²) in [5.74, 6) is -0.455. The molecule has 2 aromatic carbocycles. The fourth-order valence-electron chi connectivity index (χ4n) is 4.17. The van der Waals surface area contributed by atoms with Crippen molar-refractivity contribution in [2.75, 3.05) is 19.7 Å². The fraction of sp³-hybridized carbons (Fsp3) is 0.500. The van der Waals surface area contributed by atoms with E-state index in [0.29, 0.717) is 6.04 Å². The molecule has 1 unspecified atom stereocenters. The van der Waals surface area contributed by atoms with Gasteiger partial charge in [0.1, 0.15) is 11.9 Å². The zero-order chi connectivity index (χ0) is 21.5. The van der Waals surface area contributed by atoms with Crippen LogP contribution in [0, 0.1) is 17.1 Å². The molecule has 1 heterocycles. The second-order valence-electron chi connectivity index (χ2n) is 8.54. The molecule has 0 saturated carbocycles. The van der Waals surface area contributed by atoms with Crippen molar-refractivity contribution < 1.29 is 9.13 Å². The Morgan fingerprint density at radius 2 is 2.03 bits per heavy atom. The summed E-state index contributed by atoms with van der Waals surface area (Å²) in [6, 6.07) is 14.0. The Morgan fingerprint density at radius 3 is 2.73 bits per heavy atom. The van der Waals surface area contributed by atoms with Gasteiger partial charge in [-0.15, -0.1) is 0 Å². The van der Waals surface area contributed by atoms with E-state index in [1.807, 2.05) is 12.1 Å². The maximum Gasteiger partial charge on any atom is 0.141 e. The summed E-state index contributed by atoms with van der Waals surface area (Å²) >= 11 is 0. The molecule has 0 spiro atoms. The normalized spacial score (nSPS) is 17.3. The van der Waals surface area contributed by atoms with E-state index < -0.39 is 5.82 Å². The minimum Gasteiger partial charge on any atom is -0.375 e. The molecule has 160 valence electrons. The summed E-state index contributed by atoms with van der Waals surface area (Å²) in [6.45, 7) is 9.35. The van der Waals surface area contributed by atoms with Crippen molar-refractivity contribution in [3.05, 3.63) is 58.9 Å². The zero-order valence-corrected chi connectivity index (χ0v) is 18.5. The van der Waals surface area contributed by atoms with Crippen LogP contribution in [0.3, 0.4) is 0 Å². The van der Waals surface area contributed by atoms with Crippen molar-refractivity contribution in [3.63, 3.8) is 0 Å². The average Bonchev–Trinajstić information content (AvgIpc) is 2.75. The maximum absolute atomic E-state index is 14.3. The highest BCUT2D eigenvalue weighted by Crippen LogP contribution is 2.29. The highest BCUT2D eigenvalue weighted by Gasteiger charge is 2.22. The summed E-state index contributed by atoms with van der Waals surface area (Å²) in [5.41, 5.74) is 4.46. The number of nitriles is 1. The maximum atomic E-state index is 14.3. The second kappa shape index (κ2) is 10.7. The van der Waals surface area contributed by atoms with Gasteiger partial charge in [-0.05, 0) is 67.5 Å². The van der Waals surface area contributed by atoms with Gasteiger partial charge in [0.05, 0.1) is 18.3 Å². The van der Waals surface area contributed by atoms with E-state index in [-0.39, 0.29) is 11.7 Å². The Bertz CT molecular complexity index is 887. The first-order valence-electron chi connectivity index (χ1n) is 11.2. The van der Waals surface area contributed by atoms with Gasteiger partial charge < -0.3 is 4.74 Å². The minimum atomic E-state index is -0.455. The molecule has 4 heteroatoms. The van der Waals surface area contributed by atoms with Crippen molar-refractivity contribution in [3.8, 4) is 17.2 Å². The minimum absolute atomic E-state index is 0.0896. The molecule has 1 aliphatic rings. The molecule has 0 aliphatic carbocycles. The number of hydrogen-bond acceptors (Lipinski definition) is 3. The molecule has 0 radical (unpaired) electrons. The van der Waals surface area contributed by atoms with Crippen molar-refractivity contribution >= 4 is 0 Å². The summed E-state index contributed by atoms with van der Waals surface area (Å²) in [4.78, 5) is 2.46. The van der Waals surface area contributed by atoms with Gasteiger partial charge in [-0.1, -0.05) is 44.0 Å². The molecule has 0 bridgehead atoms. The van der Waals surface area contributed by atoms with Gasteiger partial charge in [-0.2, -0.15) is 5.26 Å². The summed E-state index contributed by atoms with van der Waals surface area (Å²) in [6.07, 6.45) is 5.49. The number of unbranched alkanes of at least 4 members (excludes halogenated alkanes) is 2. The van der Waals surface area contributed by atoms with Gasteiger partial charge in [-0.25, -0.2) is 4.39 Å². The fourth-order valence-corrected chi connectivity index (χ4v) is 4.17. The smallest absolute Gasteiger partial charge is 0.141 e. The third-order valence-corrected chi connectivity index (χ3v) is 5.99. The number of aryl methyl sites for hydroxylation is 1. The lowest BCUT2D eigenvalue weighted by Gasteiger charge is -2.35. The Hall–Kier alpha value is -2.22. The third-order valence-electron chi connectivity index (χ3n) is 5.99. The van der Waals surface area contributed by atoms with Gasteiger partial charge in [0.2, 0.25) is 0 Å². The van der Waals surface area contributed by atoms with Crippen LogP contribution in [0.5, 0.6) is 0 Å². The molecule has 0 N–H and O–H groups in total. The Balaban J connectivity index is 1.86. The van der Waals surface area contributed by atoms with Crippen LogP contribution in [-0.4, -0.2) is 36.7 Å². The predicted molar refractivity (Wildman–Crippen MR) is 120 cm³/mol. The van der Waals surface area contributed by atoms with Crippen molar-refractivity contribution in [1.82, 2.24) is 4.90 Å². The number of rotatable bonds is 8. The quantitative estimate of drug-likeness (QED) is 0.522. The van der Waals surface area contributed by atoms with Crippen LogP contribution in [-0.2, 0) is 17.6 Å². The molecular formula is C26H33FN2O. The number of nitrogens with zero attached hydrogens (tertiary/aromatic N) is 2. The van der Waals surface area contributed by atoms with E-state index in [9.17, 15) is 4.39 Å². The standard InChI is InChI=1S/C26H33FN2O/c1-4-5-6-7-21-9-8-20(14-24-18-29(19(2)3)12-13-30-24)15-25(21)22-10-11-23(17-28)26(27)16-22/h8-11,15-16,19,24H,4-7,12-14,18H2,1-3H3. The van der Waals surface area contributed by atoms with Crippen LogP contribution < -0.4 is 0 Å². The van der Waals surface area contributed by atoms with E-state index in [1.54, 1.807) is 6.07 Å². The molecule has 1 fully saturated rings. The van der Waals surface area contributed by atoms with E-state index >= 15 is 0 Å². The number of hydrogen-bond donors (Lipinski definition) is 0. The predicted octanol–water partition coefficient (Wildman–Crippen LogP) is 5.75. The second-order valence-corrected chi connectivity index (χ2v) is 8.54. The summed E-state index contributed by atoms with van der Waals surface area (Å²) in [5, 5.41) is 9.06. The highest BCUT2D eigenvalue weighted by molar-refractivity contribution is 5.69. The van der Waals surface area contributed by atoms with Gasteiger partial charge in [0.15, 0.2) is 0 Å². The van der Waals surface area contributed by atoms with E-state index in [1.165, 1.54) is 30.0 Å². The molecule has 1 atom stereocenters. The van der Waals surface area contributed by atoms with Crippen LogP contribution in [0.2, 0.25) is 0 Å². The molecule has 2 aromatic rings. The Labute approximate surface area is 180 Å². The molecule has 0 amide bonds. The van der Waals surface area contributed by atoms with E-state index in [2.05, 4.69) is 43.9 Å². The lowest BCUT2D eigenvalue weighted by atomic mass is 9.92. The van der Waals surface area contributed by atoms with Gasteiger partial charge >= 0.3 is 0 Å². The number of ether oxygens (including phenoxy) is 1. The van der Waals surface area contributed by atoms with Crippen LogP contribution in [0.4, 0.5) is 4.39 Å². The number of halogens is 1. The highest BCUT2D eigenvalue weighted by atomic mass is 19.1. The lowest BCUT2D eigenvalue weighted by Crippen LogP contribution is -2.46. The number of morpholine rings is 1. The van der Waals surface area contributed by atoms with Crippen molar-refractivity contribution in [2.24, 2.45) is 0 Å². The van der Waals surface area contributed by atoms with Gasteiger partial charge in [0, 0.05) is 19.1 Å². The Morgan fingerprint density at radius 1 is 1.20 bits per heavy atom. The molecule has 30 heavy (non-hydrogen) atoms. The average molecular weight is 409 g/mol. The van der Waals surface area contributed by atoms with Crippen molar-refractivity contribution in [1.29, 1.82) is 5.26 Å². The summed E-state index contributed by atoms with van der Waals surface area (Å²) in [7, 11) is 0. The number of benzene rings is 2. The van der Waals surface area contributed by atoms with E-state index in [4.69, 9.17) is 10.00 Å². The van der Waals surface area contributed by atoms with Crippen LogP contribution in [0.15, 0.2) is 36.4 Å². The molecule has 1 aliphatic heterocycles. The first-order valence-corrected chi connectivity index (χ1v) is 11.2. The van der Waals surface area contributed by atoms with Crippen LogP contribution in [0.25, 0.3) is 11.1 Å². The molecule has 3 nitrogen and oxygen atoms in total. The first-order chi connectivity index (χ1) is 14.5. The monoisotopic (exact) mass is 408 g/mol. The Kier molecular flexibility index (Phi) is 8.01. The molecule has 3 rings (SSSR count). The molecule has 0 aromatic heterocycles. The van der Waals surface area contributed by atoms with Crippen LogP contribution in [0.1, 0.15) is 56.7 Å². The molecular weight excluding hydrogens is 375 g/mol. The molecule has 1 saturated heterocycles. The third kappa shape index (κ3) is 5.68. The lowest BCUT2D eigenvalue weighted by molar-refractivity contribution is -0.0377. The largest absolute Gasteiger partial charge is 0.375 e. The van der Waals surface area contributed by atoms with E-state index in [0.717, 1.165) is 50.1 Å². The summed E-state index contributed by atoms with van der Waals surface area (Å²) < 4.78 is 20.3. The first kappa shape index (κ1) is 22.5. The van der Waals surface area contributed by atoms with Crippen LogP contribution >= 0.6 is 0 Å². The van der Waals surface area contributed by atoms with Gasteiger partial charge in [0.25, 0.3) is 0 Å². The van der Waals surface area contributed by atoms with Crippen molar-refractivity contribution in [2.45, 2.75) is 65.0 Å².